The highest BCUT2D eigenvalue weighted by atomic mass is 16.5. The van der Waals surface area contributed by atoms with Crippen molar-refractivity contribution in [3.8, 4) is 33.9 Å². The lowest BCUT2D eigenvalue weighted by atomic mass is 10.0. The van der Waals surface area contributed by atoms with Crippen LogP contribution in [-0.2, 0) is 6.54 Å². The molecule has 1 aliphatic rings. The second kappa shape index (κ2) is 12.4. The van der Waals surface area contributed by atoms with Gasteiger partial charge in [-0.05, 0) is 60.4 Å². The van der Waals surface area contributed by atoms with Gasteiger partial charge in [-0.15, -0.1) is 0 Å². The molecule has 8 nitrogen and oxygen atoms in total. The number of benzene rings is 3. The van der Waals surface area contributed by atoms with Crippen LogP contribution >= 0.6 is 0 Å². The minimum atomic E-state index is 0.171. The van der Waals surface area contributed by atoms with Crippen LogP contribution in [0.3, 0.4) is 0 Å². The summed E-state index contributed by atoms with van der Waals surface area (Å²) in [6.07, 6.45) is 3.74. The van der Waals surface area contributed by atoms with E-state index in [1.54, 1.807) is 14.2 Å². The predicted octanol–water partition coefficient (Wildman–Crippen LogP) is 5.22. The maximum Gasteiger partial charge on any atom is 0.230 e. The number of guanidine groups is 1. The zero-order valence-corrected chi connectivity index (χ0v) is 22.4. The summed E-state index contributed by atoms with van der Waals surface area (Å²) in [5, 5.41) is 3.12. The largest absolute Gasteiger partial charge is 0.497 e. The van der Waals surface area contributed by atoms with E-state index in [1.807, 2.05) is 54.7 Å². The smallest absolute Gasteiger partial charge is 0.230 e. The normalized spacial score (nSPS) is 14.7. The average molecular weight is 523 g/mol. The molecule has 1 fully saturated rings. The van der Waals surface area contributed by atoms with E-state index in [9.17, 15) is 0 Å². The van der Waals surface area contributed by atoms with E-state index >= 15 is 0 Å². The molecule has 0 aliphatic carbocycles. The van der Waals surface area contributed by atoms with Gasteiger partial charge in [-0.1, -0.05) is 42.5 Å². The van der Waals surface area contributed by atoms with Crippen molar-refractivity contribution in [2.24, 2.45) is 10.7 Å². The highest BCUT2D eigenvalue weighted by Crippen LogP contribution is 2.32. The second-order valence-electron chi connectivity index (χ2n) is 9.55. The maximum absolute atomic E-state index is 6.32. The Morgan fingerprint density at radius 3 is 2.13 bits per heavy atom. The van der Waals surface area contributed by atoms with Crippen molar-refractivity contribution in [1.29, 1.82) is 0 Å². The van der Waals surface area contributed by atoms with Crippen LogP contribution in [0.2, 0.25) is 0 Å². The molecular formula is C31H34N6O2. The van der Waals surface area contributed by atoms with E-state index in [2.05, 4.69) is 45.5 Å². The maximum atomic E-state index is 6.32. The van der Waals surface area contributed by atoms with Crippen molar-refractivity contribution >= 4 is 11.9 Å². The van der Waals surface area contributed by atoms with Gasteiger partial charge in [0, 0.05) is 37.0 Å². The van der Waals surface area contributed by atoms with Gasteiger partial charge in [0.1, 0.15) is 11.5 Å². The van der Waals surface area contributed by atoms with Crippen molar-refractivity contribution < 1.29 is 9.47 Å². The number of hydrogen-bond acceptors (Lipinski definition) is 6. The molecule has 4 aromatic rings. The third-order valence-electron chi connectivity index (χ3n) is 6.92. The number of aliphatic imine (C=N–C) groups is 1. The minimum absolute atomic E-state index is 0.171. The summed E-state index contributed by atoms with van der Waals surface area (Å²) < 4.78 is 10.7. The molecule has 5 rings (SSSR count). The Hall–Kier alpha value is -4.43. The van der Waals surface area contributed by atoms with Gasteiger partial charge in [0.15, 0.2) is 5.96 Å². The Bertz CT molecular complexity index is 1380. The van der Waals surface area contributed by atoms with E-state index in [-0.39, 0.29) is 6.04 Å². The summed E-state index contributed by atoms with van der Waals surface area (Å²) >= 11 is 0. The van der Waals surface area contributed by atoms with Gasteiger partial charge in [0.05, 0.1) is 26.0 Å². The van der Waals surface area contributed by atoms with Crippen LogP contribution < -0.4 is 20.5 Å². The molecule has 0 bridgehead atoms. The lowest BCUT2D eigenvalue weighted by Crippen LogP contribution is -2.36. The highest BCUT2D eigenvalue weighted by Gasteiger charge is 2.19. The Morgan fingerprint density at radius 2 is 1.51 bits per heavy atom. The quantitative estimate of drug-likeness (QED) is 0.242. The van der Waals surface area contributed by atoms with E-state index < -0.39 is 0 Å². The van der Waals surface area contributed by atoms with Crippen LogP contribution in [0, 0.1) is 0 Å². The van der Waals surface area contributed by atoms with Gasteiger partial charge in [0.2, 0.25) is 5.95 Å². The van der Waals surface area contributed by atoms with Gasteiger partial charge < -0.3 is 15.2 Å². The molecule has 39 heavy (non-hydrogen) atoms. The topological polar surface area (TPSA) is 97.9 Å². The first kappa shape index (κ1) is 26.2. The van der Waals surface area contributed by atoms with Gasteiger partial charge >= 0.3 is 0 Å². The number of ether oxygens (including phenoxy) is 2. The first-order valence-corrected chi connectivity index (χ1v) is 13.1. The molecule has 0 atom stereocenters. The molecule has 1 aliphatic heterocycles. The standard InChI is InChI=1S/C31H34N6O2/c1-38-26-12-8-23(9-13-26)28-20-33-31(35-29(28)24-10-14-27(39-2)15-11-24)36-30(32)34-25-16-18-37(19-17-25)21-22-6-4-3-5-7-22/h3-15,20,25H,16-19,21H2,1-2H3,(H3,32,33,34,35,36). The molecule has 0 unspecified atom stereocenters. The Kier molecular flexibility index (Phi) is 8.33. The fraction of sp³-hybridized carbons (Fsp3) is 0.258. The van der Waals surface area contributed by atoms with Gasteiger partial charge in [0.25, 0.3) is 0 Å². The van der Waals surface area contributed by atoms with Crippen molar-refractivity contribution in [2.75, 3.05) is 32.6 Å². The van der Waals surface area contributed by atoms with E-state index in [1.165, 1.54) is 5.56 Å². The van der Waals surface area contributed by atoms with Crippen LogP contribution in [0.5, 0.6) is 11.5 Å². The van der Waals surface area contributed by atoms with Crippen LogP contribution in [0.4, 0.5) is 5.95 Å². The molecule has 0 spiro atoms. The van der Waals surface area contributed by atoms with Crippen LogP contribution in [-0.4, -0.2) is 54.2 Å². The molecule has 0 radical (unpaired) electrons. The fourth-order valence-electron chi connectivity index (χ4n) is 4.78. The van der Waals surface area contributed by atoms with Crippen LogP contribution in [0.25, 0.3) is 22.4 Å². The lowest BCUT2D eigenvalue weighted by molar-refractivity contribution is 0.206. The number of nitrogens with one attached hydrogen (secondary N) is 1. The number of methoxy groups -OCH3 is 2. The van der Waals surface area contributed by atoms with Crippen LogP contribution in [0.15, 0.2) is 90.1 Å². The average Bonchev–Trinajstić information content (AvgIpc) is 2.99. The monoisotopic (exact) mass is 522 g/mol. The van der Waals surface area contributed by atoms with Gasteiger partial charge in [-0.2, -0.15) is 0 Å². The summed E-state index contributed by atoms with van der Waals surface area (Å²) in [7, 11) is 3.31. The van der Waals surface area contributed by atoms with E-state index in [0.29, 0.717) is 11.9 Å². The van der Waals surface area contributed by atoms with Crippen molar-refractivity contribution in [3.05, 3.63) is 90.6 Å². The molecular weight excluding hydrogens is 488 g/mol. The number of aromatic nitrogens is 2. The molecule has 2 heterocycles. The number of nitrogens with zero attached hydrogens (tertiary/aromatic N) is 4. The van der Waals surface area contributed by atoms with Gasteiger partial charge in [-0.3, -0.25) is 10.2 Å². The Labute approximate surface area is 229 Å². The minimum Gasteiger partial charge on any atom is -0.497 e. The first-order valence-electron chi connectivity index (χ1n) is 13.1. The zero-order valence-electron chi connectivity index (χ0n) is 22.4. The summed E-state index contributed by atoms with van der Waals surface area (Å²) in [4.78, 5) is 16.6. The van der Waals surface area contributed by atoms with Crippen molar-refractivity contribution in [3.63, 3.8) is 0 Å². The molecule has 0 saturated carbocycles. The molecule has 0 amide bonds. The summed E-state index contributed by atoms with van der Waals surface area (Å²) in [5.74, 6) is 2.30. The van der Waals surface area contributed by atoms with Crippen LogP contribution in [0.1, 0.15) is 18.4 Å². The summed E-state index contributed by atoms with van der Waals surface area (Å²) in [6.45, 7) is 2.95. The third kappa shape index (κ3) is 6.72. The number of rotatable bonds is 8. The lowest BCUT2D eigenvalue weighted by Gasteiger charge is -2.30. The molecule has 1 aromatic heterocycles. The van der Waals surface area contributed by atoms with Crippen molar-refractivity contribution in [1.82, 2.24) is 14.9 Å². The first-order chi connectivity index (χ1) is 19.1. The highest BCUT2D eigenvalue weighted by molar-refractivity contribution is 5.91. The summed E-state index contributed by atoms with van der Waals surface area (Å²) in [6, 6.07) is 26.4. The van der Waals surface area contributed by atoms with E-state index in [4.69, 9.17) is 25.2 Å². The third-order valence-corrected chi connectivity index (χ3v) is 6.92. The number of nitrogens with two attached hydrogens (primary N) is 1. The zero-order chi connectivity index (χ0) is 27.0. The number of hydrogen-bond donors (Lipinski definition) is 2. The molecule has 3 N–H and O–H groups in total. The SMILES string of the molecule is COc1ccc(-c2cnc(NC(N)=NC3CCN(Cc4ccccc4)CC3)nc2-c2ccc(OC)cc2)cc1. The summed E-state index contributed by atoms with van der Waals surface area (Å²) in [5.41, 5.74) is 11.3. The Morgan fingerprint density at radius 1 is 0.897 bits per heavy atom. The molecule has 8 heteroatoms. The second-order valence-corrected chi connectivity index (χ2v) is 9.55. The van der Waals surface area contributed by atoms with E-state index in [0.717, 1.165) is 66.4 Å². The molecule has 200 valence electrons. The number of likely N-dealkylation sites (tertiary alicyclic amines) is 1. The number of piperidine rings is 1. The molecule has 3 aromatic carbocycles. The predicted molar refractivity (Wildman–Crippen MR) is 156 cm³/mol. The number of anilines is 1. The fourth-order valence-corrected chi connectivity index (χ4v) is 4.78. The molecule has 1 saturated heterocycles. The van der Waals surface area contributed by atoms with Crippen molar-refractivity contribution in [2.45, 2.75) is 25.4 Å². The van der Waals surface area contributed by atoms with Gasteiger partial charge in [-0.25, -0.2) is 15.0 Å². The Balaban J connectivity index is 1.31.